The van der Waals surface area contributed by atoms with Gasteiger partial charge in [0.05, 0.1) is 0 Å². The number of carboxylic acids is 1. The Morgan fingerprint density at radius 1 is 1.20 bits per heavy atom. The van der Waals surface area contributed by atoms with Crippen molar-refractivity contribution in [1.29, 1.82) is 0 Å². The lowest BCUT2D eigenvalue weighted by atomic mass is 10.1. The van der Waals surface area contributed by atoms with Gasteiger partial charge < -0.3 is 20.8 Å². The molecule has 0 aromatic heterocycles. The second kappa shape index (κ2) is 7.37. The number of hydrogen-bond acceptors (Lipinski definition) is 3. The molecule has 2 atom stereocenters. The first kappa shape index (κ1) is 15.8. The van der Waals surface area contributed by atoms with Crippen LogP contribution in [0.15, 0.2) is 24.3 Å². The van der Waals surface area contributed by atoms with Gasteiger partial charge in [0.15, 0.2) is 0 Å². The molecule has 4 N–H and O–H groups in total. The summed E-state index contributed by atoms with van der Waals surface area (Å²) in [7, 11) is 0. The van der Waals surface area contributed by atoms with E-state index in [0.29, 0.717) is 0 Å². The molecule has 2 amide bonds. The van der Waals surface area contributed by atoms with E-state index >= 15 is 0 Å². The predicted octanol–water partition coefficient (Wildman–Crippen LogP) is 1.49. The summed E-state index contributed by atoms with van der Waals surface area (Å²) in [5, 5.41) is 23.4. The summed E-state index contributed by atoms with van der Waals surface area (Å²) in [6.07, 6.45) is 0.923. The van der Waals surface area contributed by atoms with Crippen molar-refractivity contribution >= 4 is 12.0 Å². The molecule has 0 fully saturated rings. The number of carbonyl (C=O) groups is 2. The molecule has 20 heavy (non-hydrogen) atoms. The van der Waals surface area contributed by atoms with E-state index in [1.165, 1.54) is 12.1 Å². The first-order valence-corrected chi connectivity index (χ1v) is 6.50. The van der Waals surface area contributed by atoms with Gasteiger partial charge in [-0.2, -0.15) is 0 Å². The Hall–Kier alpha value is -2.24. The van der Waals surface area contributed by atoms with E-state index in [-0.39, 0.29) is 18.2 Å². The van der Waals surface area contributed by atoms with Gasteiger partial charge in [0, 0.05) is 12.5 Å². The SMILES string of the molecule is CCC(C)NC(=O)NC(Cc1ccc(O)cc1)C(=O)O. The number of aliphatic carboxylic acids is 1. The number of phenolic OH excluding ortho intramolecular Hbond substituents is 1. The van der Waals surface area contributed by atoms with Crippen LogP contribution in [-0.2, 0) is 11.2 Å². The van der Waals surface area contributed by atoms with Crippen molar-refractivity contribution in [3.63, 3.8) is 0 Å². The molecule has 0 spiro atoms. The number of amides is 2. The Morgan fingerprint density at radius 2 is 1.80 bits per heavy atom. The van der Waals surface area contributed by atoms with E-state index in [0.717, 1.165) is 12.0 Å². The third-order valence-electron chi connectivity index (χ3n) is 2.97. The summed E-state index contributed by atoms with van der Waals surface area (Å²) in [6.45, 7) is 3.77. The number of phenols is 1. The predicted molar refractivity (Wildman–Crippen MR) is 74.7 cm³/mol. The highest BCUT2D eigenvalue weighted by Crippen LogP contribution is 2.11. The minimum Gasteiger partial charge on any atom is -0.508 e. The number of hydrogen-bond donors (Lipinski definition) is 4. The molecule has 1 aromatic rings. The van der Waals surface area contributed by atoms with E-state index in [4.69, 9.17) is 5.11 Å². The highest BCUT2D eigenvalue weighted by Gasteiger charge is 2.20. The fourth-order valence-corrected chi connectivity index (χ4v) is 1.59. The van der Waals surface area contributed by atoms with Crippen LogP contribution in [0.2, 0.25) is 0 Å². The molecular weight excluding hydrogens is 260 g/mol. The summed E-state index contributed by atoms with van der Waals surface area (Å²) in [5.74, 6) is -0.986. The van der Waals surface area contributed by atoms with Crippen LogP contribution in [0.1, 0.15) is 25.8 Å². The molecular formula is C14H20N2O4. The van der Waals surface area contributed by atoms with Crippen molar-refractivity contribution in [1.82, 2.24) is 10.6 Å². The van der Waals surface area contributed by atoms with Crippen LogP contribution in [0.3, 0.4) is 0 Å². The summed E-state index contributed by atoms with van der Waals surface area (Å²) in [5.41, 5.74) is 0.721. The Kier molecular flexibility index (Phi) is 5.83. The molecule has 6 nitrogen and oxygen atoms in total. The number of aromatic hydroxyl groups is 1. The van der Waals surface area contributed by atoms with Crippen molar-refractivity contribution in [3.05, 3.63) is 29.8 Å². The van der Waals surface area contributed by atoms with Crippen molar-refractivity contribution in [2.45, 2.75) is 38.8 Å². The van der Waals surface area contributed by atoms with Gasteiger partial charge in [-0.25, -0.2) is 9.59 Å². The van der Waals surface area contributed by atoms with Gasteiger partial charge in [-0.3, -0.25) is 0 Å². The van der Waals surface area contributed by atoms with E-state index < -0.39 is 18.0 Å². The quantitative estimate of drug-likeness (QED) is 0.634. The number of nitrogens with one attached hydrogen (secondary N) is 2. The summed E-state index contributed by atoms with van der Waals surface area (Å²) < 4.78 is 0. The molecule has 1 rings (SSSR count). The average molecular weight is 280 g/mol. The minimum absolute atomic E-state index is 0.0156. The maximum absolute atomic E-state index is 11.6. The van der Waals surface area contributed by atoms with Gasteiger partial charge in [0.25, 0.3) is 0 Å². The monoisotopic (exact) mass is 280 g/mol. The van der Waals surface area contributed by atoms with E-state index in [1.807, 2.05) is 13.8 Å². The van der Waals surface area contributed by atoms with E-state index in [1.54, 1.807) is 12.1 Å². The minimum atomic E-state index is -1.10. The maximum Gasteiger partial charge on any atom is 0.326 e. The van der Waals surface area contributed by atoms with Crippen LogP contribution in [0, 0.1) is 0 Å². The smallest absolute Gasteiger partial charge is 0.326 e. The Morgan fingerprint density at radius 3 is 2.30 bits per heavy atom. The van der Waals surface area contributed by atoms with Gasteiger partial charge in [-0.1, -0.05) is 19.1 Å². The zero-order chi connectivity index (χ0) is 15.1. The second-order valence-corrected chi connectivity index (χ2v) is 4.69. The molecule has 0 aliphatic rings. The number of rotatable bonds is 6. The summed E-state index contributed by atoms with van der Waals surface area (Å²) in [6, 6.07) is 4.69. The zero-order valence-electron chi connectivity index (χ0n) is 11.6. The molecule has 0 radical (unpaired) electrons. The lowest BCUT2D eigenvalue weighted by Crippen LogP contribution is -2.49. The first-order valence-electron chi connectivity index (χ1n) is 6.50. The van der Waals surface area contributed by atoms with Crippen molar-refractivity contribution in [2.24, 2.45) is 0 Å². The van der Waals surface area contributed by atoms with Crippen molar-refractivity contribution < 1.29 is 19.8 Å². The first-order chi connectivity index (χ1) is 9.42. The Balaban J connectivity index is 2.63. The average Bonchev–Trinajstić information content (AvgIpc) is 2.40. The molecule has 110 valence electrons. The van der Waals surface area contributed by atoms with Gasteiger partial charge in [-0.15, -0.1) is 0 Å². The number of urea groups is 1. The molecule has 0 saturated carbocycles. The maximum atomic E-state index is 11.6. The highest BCUT2D eigenvalue weighted by atomic mass is 16.4. The largest absolute Gasteiger partial charge is 0.508 e. The third kappa shape index (κ3) is 5.17. The third-order valence-corrected chi connectivity index (χ3v) is 2.97. The van der Waals surface area contributed by atoms with Gasteiger partial charge >= 0.3 is 12.0 Å². The molecule has 2 unspecified atom stereocenters. The molecule has 0 saturated heterocycles. The highest BCUT2D eigenvalue weighted by molar-refractivity contribution is 5.82. The number of carbonyl (C=O) groups excluding carboxylic acids is 1. The lowest BCUT2D eigenvalue weighted by Gasteiger charge is -2.17. The van der Waals surface area contributed by atoms with Gasteiger partial charge in [0.2, 0.25) is 0 Å². The standard InChI is InChI=1S/C14H20N2O4/c1-3-9(2)15-14(20)16-12(13(18)19)8-10-4-6-11(17)7-5-10/h4-7,9,12,17H,3,8H2,1-2H3,(H,18,19)(H2,15,16,20). The molecule has 1 aromatic carbocycles. The van der Waals surface area contributed by atoms with Crippen LogP contribution < -0.4 is 10.6 Å². The zero-order valence-corrected chi connectivity index (χ0v) is 11.6. The van der Waals surface area contributed by atoms with Gasteiger partial charge in [-0.05, 0) is 31.0 Å². The van der Waals surface area contributed by atoms with Crippen LogP contribution in [0.25, 0.3) is 0 Å². The summed E-state index contributed by atoms with van der Waals surface area (Å²) >= 11 is 0. The van der Waals surface area contributed by atoms with E-state index in [2.05, 4.69) is 10.6 Å². The van der Waals surface area contributed by atoms with Crippen LogP contribution in [-0.4, -0.2) is 34.3 Å². The number of benzene rings is 1. The fourth-order valence-electron chi connectivity index (χ4n) is 1.59. The lowest BCUT2D eigenvalue weighted by molar-refractivity contribution is -0.139. The van der Waals surface area contributed by atoms with Gasteiger partial charge in [0.1, 0.15) is 11.8 Å². The summed E-state index contributed by atoms with van der Waals surface area (Å²) in [4.78, 5) is 22.8. The topological polar surface area (TPSA) is 98.7 Å². The van der Waals surface area contributed by atoms with Crippen molar-refractivity contribution in [2.75, 3.05) is 0 Å². The van der Waals surface area contributed by atoms with Crippen molar-refractivity contribution in [3.8, 4) is 5.75 Å². The molecule has 6 heteroatoms. The molecule has 0 aliphatic heterocycles. The number of carboxylic acid groups (broad SMARTS) is 1. The molecule has 0 heterocycles. The molecule has 0 aliphatic carbocycles. The second-order valence-electron chi connectivity index (χ2n) is 4.69. The van der Waals surface area contributed by atoms with Crippen LogP contribution in [0.5, 0.6) is 5.75 Å². The normalized spacial score (nSPS) is 13.3. The Labute approximate surface area is 117 Å². The molecule has 0 bridgehead atoms. The van der Waals surface area contributed by atoms with E-state index in [9.17, 15) is 14.7 Å². The Bertz CT molecular complexity index is 459. The van der Waals surface area contributed by atoms with Crippen LogP contribution >= 0.6 is 0 Å². The fraction of sp³-hybridized carbons (Fsp3) is 0.429. The van der Waals surface area contributed by atoms with Crippen LogP contribution in [0.4, 0.5) is 4.79 Å².